The maximum atomic E-state index is 4.81. The zero-order valence-corrected chi connectivity index (χ0v) is 7.10. The number of hydrogen-bond donors (Lipinski definition) is 1. The van der Waals surface area contributed by atoms with Crippen LogP contribution in [0, 0.1) is 0 Å². The SMILES string of the molecule is C1=CC(Cc2ccccn2)=CNO1. The lowest BCUT2D eigenvalue weighted by molar-refractivity contribution is 0.170. The molecule has 0 atom stereocenters. The van der Waals surface area contributed by atoms with Crippen molar-refractivity contribution in [1.82, 2.24) is 10.5 Å². The molecule has 0 aliphatic carbocycles. The van der Waals surface area contributed by atoms with E-state index in [1.807, 2.05) is 30.5 Å². The van der Waals surface area contributed by atoms with Gasteiger partial charge in [0.1, 0.15) is 6.26 Å². The molecule has 2 rings (SSSR count). The molecule has 66 valence electrons. The molecule has 0 spiro atoms. The number of hydroxylamine groups is 1. The summed E-state index contributed by atoms with van der Waals surface area (Å²) in [6, 6.07) is 5.90. The van der Waals surface area contributed by atoms with Gasteiger partial charge in [-0.15, -0.1) is 0 Å². The Morgan fingerprint density at radius 1 is 1.38 bits per heavy atom. The van der Waals surface area contributed by atoms with E-state index < -0.39 is 0 Å². The van der Waals surface area contributed by atoms with Gasteiger partial charge in [0.2, 0.25) is 0 Å². The summed E-state index contributed by atoms with van der Waals surface area (Å²) in [6.07, 6.45) is 8.00. The Bertz CT molecular complexity index is 330. The van der Waals surface area contributed by atoms with Crippen LogP contribution >= 0.6 is 0 Å². The smallest absolute Gasteiger partial charge is 0.119 e. The summed E-state index contributed by atoms with van der Waals surface area (Å²) in [7, 11) is 0. The zero-order valence-electron chi connectivity index (χ0n) is 7.10. The van der Waals surface area contributed by atoms with Crippen molar-refractivity contribution in [2.45, 2.75) is 6.42 Å². The van der Waals surface area contributed by atoms with Gasteiger partial charge in [-0.05, 0) is 23.8 Å². The minimum Gasteiger partial charge on any atom is -0.391 e. The summed E-state index contributed by atoms with van der Waals surface area (Å²) >= 11 is 0. The lowest BCUT2D eigenvalue weighted by Gasteiger charge is -2.07. The molecule has 1 N–H and O–H groups in total. The van der Waals surface area contributed by atoms with Crippen molar-refractivity contribution in [3.05, 3.63) is 54.2 Å². The quantitative estimate of drug-likeness (QED) is 0.738. The average Bonchev–Trinajstić information content (AvgIpc) is 2.21. The van der Waals surface area contributed by atoms with Crippen LogP contribution in [-0.4, -0.2) is 4.98 Å². The van der Waals surface area contributed by atoms with E-state index in [4.69, 9.17) is 4.84 Å². The minimum atomic E-state index is 0.827. The van der Waals surface area contributed by atoms with Crippen molar-refractivity contribution in [2.24, 2.45) is 0 Å². The molecule has 1 aromatic heterocycles. The van der Waals surface area contributed by atoms with E-state index in [2.05, 4.69) is 10.5 Å². The number of allylic oxidation sites excluding steroid dienone is 2. The van der Waals surface area contributed by atoms with Gasteiger partial charge in [0.15, 0.2) is 0 Å². The summed E-state index contributed by atoms with van der Waals surface area (Å²) in [5.74, 6) is 0. The predicted molar refractivity (Wildman–Crippen MR) is 49.4 cm³/mol. The summed E-state index contributed by atoms with van der Waals surface area (Å²) < 4.78 is 0. The second-order valence-corrected chi connectivity index (χ2v) is 2.76. The highest BCUT2D eigenvalue weighted by Gasteiger charge is 1.99. The zero-order chi connectivity index (χ0) is 8.93. The monoisotopic (exact) mass is 174 g/mol. The van der Waals surface area contributed by atoms with Crippen molar-refractivity contribution in [1.29, 1.82) is 0 Å². The lowest BCUT2D eigenvalue weighted by Crippen LogP contribution is -2.07. The lowest BCUT2D eigenvalue weighted by atomic mass is 10.1. The first-order valence-electron chi connectivity index (χ1n) is 4.12. The number of nitrogens with zero attached hydrogens (tertiary/aromatic N) is 1. The highest BCUT2D eigenvalue weighted by molar-refractivity contribution is 5.24. The highest BCUT2D eigenvalue weighted by atomic mass is 16.6. The van der Waals surface area contributed by atoms with Crippen LogP contribution in [0.25, 0.3) is 0 Å². The molecule has 2 heterocycles. The molecular formula is C10H10N2O. The molecule has 3 heteroatoms. The molecule has 0 bridgehead atoms. The van der Waals surface area contributed by atoms with Crippen LogP contribution in [0.15, 0.2) is 48.5 Å². The predicted octanol–water partition coefficient (Wildman–Crippen LogP) is 1.56. The van der Waals surface area contributed by atoms with Crippen LogP contribution in [0.1, 0.15) is 5.69 Å². The van der Waals surface area contributed by atoms with E-state index >= 15 is 0 Å². The van der Waals surface area contributed by atoms with E-state index in [-0.39, 0.29) is 0 Å². The van der Waals surface area contributed by atoms with Crippen molar-refractivity contribution in [2.75, 3.05) is 0 Å². The molecule has 13 heavy (non-hydrogen) atoms. The second kappa shape index (κ2) is 3.76. The van der Waals surface area contributed by atoms with Gasteiger partial charge in [0.05, 0.1) is 0 Å². The summed E-state index contributed by atoms with van der Waals surface area (Å²) in [4.78, 5) is 9.04. The van der Waals surface area contributed by atoms with E-state index in [0.29, 0.717) is 0 Å². The van der Waals surface area contributed by atoms with Gasteiger partial charge in [-0.3, -0.25) is 4.98 Å². The Labute approximate surface area is 76.7 Å². The summed E-state index contributed by atoms with van der Waals surface area (Å²) in [6.45, 7) is 0. The highest BCUT2D eigenvalue weighted by Crippen LogP contribution is 2.07. The fourth-order valence-electron chi connectivity index (χ4n) is 1.14. The van der Waals surface area contributed by atoms with E-state index in [1.54, 1.807) is 12.5 Å². The Morgan fingerprint density at radius 3 is 3.08 bits per heavy atom. The van der Waals surface area contributed by atoms with Gasteiger partial charge in [-0.2, -0.15) is 0 Å². The first kappa shape index (κ1) is 7.86. The fraction of sp³-hybridized carbons (Fsp3) is 0.100. The van der Waals surface area contributed by atoms with E-state index in [1.165, 1.54) is 0 Å². The number of hydrogen-bond acceptors (Lipinski definition) is 3. The van der Waals surface area contributed by atoms with Crippen LogP contribution in [0.4, 0.5) is 0 Å². The molecule has 0 fully saturated rings. The maximum Gasteiger partial charge on any atom is 0.119 e. The fourth-order valence-corrected chi connectivity index (χ4v) is 1.14. The van der Waals surface area contributed by atoms with Crippen LogP contribution in [-0.2, 0) is 11.3 Å². The standard InChI is InChI=1S/C10H10N2O/c1-2-5-11-10(3-1)7-9-4-6-13-12-8-9/h1-6,8,12H,7H2. The minimum absolute atomic E-state index is 0.827. The summed E-state index contributed by atoms with van der Waals surface area (Å²) in [5, 5.41) is 0. The molecule has 1 aromatic rings. The van der Waals surface area contributed by atoms with Gasteiger partial charge < -0.3 is 4.84 Å². The van der Waals surface area contributed by atoms with E-state index in [0.717, 1.165) is 17.7 Å². The molecule has 1 aliphatic rings. The maximum absolute atomic E-state index is 4.81. The number of nitrogens with one attached hydrogen (secondary N) is 1. The Hall–Kier alpha value is -1.77. The number of rotatable bonds is 2. The van der Waals surface area contributed by atoms with Crippen LogP contribution in [0.5, 0.6) is 0 Å². The first-order valence-corrected chi connectivity index (χ1v) is 4.12. The Kier molecular flexibility index (Phi) is 2.27. The average molecular weight is 174 g/mol. The molecular weight excluding hydrogens is 164 g/mol. The van der Waals surface area contributed by atoms with Gasteiger partial charge >= 0.3 is 0 Å². The molecule has 0 unspecified atom stereocenters. The molecule has 1 aliphatic heterocycles. The third kappa shape index (κ3) is 2.08. The third-order valence-corrected chi connectivity index (χ3v) is 1.77. The molecule has 0 amide bonds. The normalized spacial score (nSPS) is 14.3. The Morgan fingerprint density at radius 2 is 2.38 bits per heavy atom. The van der Waals surface area contributed by atoms with Crippen molar-refractivity contribution in [3.8, 4) is 0 Å². The van der Waals surface area contributed by atoms with Crippen molar-refractivity contribution < 1.29 is 4.84 Å². The largest absolute Gasteiger partial charge is 0.391 e. The van der Waals surface area contributed by atoms with Crippen LogP contribution < -0.4 is 5.48 Å². The molecule has 0 saturated heterocycles. The van der Waals surface area contributed by atoms with Gasteiger partial charge in [-0.1, -0.05) is 6.07 Å². The van der Waals surface area contributed by atoms with Gasteiger partial charge in [0.25, 0.3) is 0 Å². The number of aromatic nitrogens is 1. The Balaban J connectivity index is 2.06. The molecule has 0 radical (unpaired) electrons. The molecule has 0 saturated carbocycles. The van der Waals surface area contributed by atoms with Crippen LogP contribution in [0.3, 0.4) is 0 Å². The van der Waals surface area contributed by atoms with E-state index in [9.17, 15) is 0 Å². The number of pyridine rings is 1. The topological polar surface area (TPSA) is 34.2 Å². The van der Waals surface area contributed by atoms with Crippen molar-refractivity contribution >= 4 is 0 Å². The van der Waals surface area contributed by atoms with Crippen molar-refractivity contribution in [3.63, 3.8) is 0 Å². The molecule has 0 aromatic carbocycles. The molecule has 3 nitrogen and oxygen atoms in total. The van der Waals surface area contributed by atoms with Crippen LogP contribution in [0.2, 0.25) is 0 Å². The second-order valence-electron chi connectivity index (χ2n) is 2.76. The third-order valence-electron chi connectivity index (χ3n) is 1.77. The summed E-state index contributed by atoms with van der Waals surface area (Å²) in [5.41, 5.74) is 4.89. The van der Waals surface area contributed by atoms with Gasteiger partial charge in [0, 0.05) is 24.5 Å². The van der Waals surface area contributed by atoms with Gasteiger partial charge in [-0.25, -0.2) is 5.48 Å². The first-order chi connectivity index (χ1) is 6.45.